The fourth-order valence-corrected chi connectivity index (χ4v) is 1.84. The number of hydrogen-bond acceptors (Lipinski definition) is 2. The van der Waals surface area contributed by atoms with E-state index in [1.807, 2.05) is 12.1 Å². The van der Waals surface area contributed by atoms with Crippen LogP contribution in [0.4, 0.5) is 0 Å². The smallest absolute Gasteiger partial charge is 0.0612 e. The number of aryl methyl sites for hydroxylation is 2. The van der Waals surface area contributed by atoms with Crippen molar-refractivity contribution in [3.05, 3.63) is 41.5 Å². The maximum absolute atomic E-state index is 8.38. The zero-order valence-electron chi connectivity index (χ0n) is 12.5. The van der Waals surface area contributed by atoms with Gasteiger partial charge in [0.1, 0.15) is 0 Å². The lowest BCUT2D eigenvalue weighted by atomic mass is 10.1. The van der Waals surface area contributed by atoms with Gasteiger partial charge in [0, 0.05) is 4.90 Å². The summed E-state index contributed by atoms with van der Waals surface area (Å²) in [5, 5.41) is 8.38. The van der Waals surface area contributed by atoms with Gasteiger partial charge in [-0.05, 0) is 37.8 Å². The SMILES string of the molecule is CCCCCCC=CCO.Cc1cccc(C)c1S. The summed E-state index contributed by atoms with van der Waals surface area (Å²) in [6, 6.07) is 6.18. The zero-order valence-corrected chi connectivity index (χ0v) is 13.4. The molecule has 1 rings (SSSR count). The van der Waals surface area contributed by atoms with Crippen molar-refractivity contribution < 1.29 is 5.11 Å². The summed E-state index contributed by atoms with van der Waals surface area (Å²) < 4.78 is 0. The highest BCUT2D eigenvalue weighted by atomic mass is 32.1. The minimum absolute atomic E-state index is 0.188. The van der Waals surface area contributed by atoms with E-state index in [1.165, 1.54) is 36.8 Å². The fraction of sp³-hybridized carbons (Fsp3) is 0.529. The van der Waals surface area contributed by atoms with Crippen LogP contribution < -0.4 is 0 Å². The molecule has 19 heavy (non-hydrogen) atoms. The predicted octanol–water partition coefficient (Wildman–Crippen LogP) is 5.10. The molecule has 1 nitrogen and oxygen atoms in total. The maximum Gasteiger partial charge on any atom is 0.0612 e. The van der Waals surface area contributed by atoms with Crippen molar-refractivity contribution in [3.8, 4) is 0 Å². The molecule has 108 valence electrons. The molecule has 0 fully saturated rings. The van der Waals surface area contributed by atoms with Gasteiger partial charge in [0.05, 0.1) is 6.61 Å². The second-order valence-electron chi connectivity index (χ2n) is 4.74. The van der Waals surface area contributed by atoms with E-state index in [0.717, 1.165) is 11.3 Å². The van der Waals surface area contributed by atoms with E-state index < -0.39 is 0 Å². The van der Waals surface area contributed by atoms with Gasteiger partial charge in [0.25, 0.3) is 0 Å². The topological polar surface area (TPSA) is 20.2 Å². The molecule has 2 heteroatoms. The number of aliphatic hydroxyl groups is 1. The molecule has 0 aliphatic rings. The zero-order chi connectivity index (χ0) is 14.5. The number of rotatable bonds is 6. The molecule has 1 aromatic rings. The summed E-state index contributed by atoms with van der Waals surface area (Å²) in [5.74, 6) is 0. The molecule has 0 saturated heterocycles. The van der Waals surface area contributed by atoms with E-state index in [-0.39, 0.29) is 6.61 Å². The van der Waals surface area contributed by atoms with Crippen LogP contribution in [-0.4, -0.2) is 11.7 Å². The summed E-state index contributed by atoms with van der Waals surface area (Å²) in [6.45, 7) is 6.53. The molecule has 1 aromatic carbocycles. The lowest BCUT2D eigenvalue weighted by Crippen LogP contribution is -1.78. The van der Waals surface area contributed by atoms with Crippen molar-refractivity contribution in [1.82, 2.24) is 0 Å². The summed E-state index contributed by atoms with van der Waals surface area (Å²) in [6.07, 6.45) is 10.2. The molecule has 0 spiro atoms. The summed E-state index contributed by atoms with van der Waals surface area (Å²) in [4.78, 5) is 1.11. The third kappa shape index (κ3) is 9.80. The number of aliphatic hydroxyl groups excluding tert-OH is 1. The largest absolute Gasteiger partial charge is 0.392 e. The first kappa shape index (κ1) is 18.3. The molecular formula is C17H28OS. The Bertz CT molecular complexity index is 338. The van der Waals surface area contributed by atoms with Crippen LogP contribution in [0.5, 0.6) is 0 Å². The van der Waals surface area contributed by atoms with Crippen molar-refractivity contribution in [2.45, 2.75) is 57.8 Å². The molecule has 0 bridgehead atoms. The number of benzene rings is 1. The van der Waals surface area contributed by atoms with Gasteiger partial charge in [-0.3, -0.25) is 0 Å². The average Bonchev–Trinajstić information content (AvgIpc) is 2.41. The highest BCUT2D eigenvalue weighted by molar-refractivity contribution is 7.80. The minimum Gasteiger partial charge on any atom is -0.392 e. The monoisotopic (exact) mass is 280 g/mol. The summed E-state index contributed by atoms with van der Waals surface area (Å²) >= 11 is 4.31. The van der Waals surface area contributed by atoms with E-state index in [2.05, 4.69) is 51.6 Å². The van der Waals surface area contributed by atoms with Gasteiger partial charge in [0.15, 0.2) is 0 Å². The van der Waals surface area contributed by atoms with Crippen LogP contribution in [-0.2, 0) is 0 Å². The van der Waals surface area contributed by atoms with Gasteiger partial charge in [-0.15, -0.1) is 12.6 Å². The van der Waals surface area contributed by atoms with Gasteiger partial charge in [-0.1, -0.05) is 56.5 Å². The Hall–Kier alpha value is -0.730. The van der Waals surface area contributed by atoms with Crippen LogP contribution in [0.15, 0.2) is 35.2 Å². The third-order valence-corrected chi connectivity index (χ3v) is 3.64. The highest BCUT2D eigenvalue weighted by Gasteiger charge is 1.93. The summed E-state index contributed by atoms with van der Waals surface area (Å²) in [5.41, 5.74) is 2.50. The van der Waals surface area contributed by atoms with Crippen LogP contribution in [0.1, 0.15) is 50.2 Å². The predicted molar refractivity (Wildman–Crippen MR) is 88.2 cm³/mol. The third-order valence-electron chi connectivity index (χ3n) is 2.94. The number of hydrogen-bond donors (Lipinski definition) is 2. The average molecular weight is 280 g/mol. The Morgan fingerprint density at radius 1 is 1.05 bits per heavy atom. The molecule has 0 aliphatic carbocycles. The molecule has 0 heterocycles. The lowest BCUT2D eigenvalue weighted by molar-refractivity contribution is 0.342. The first-order chi connectivity index (χ1) is 9.13. The molecule has 0 radical (unpaired) electrons. The van der Waals surface area contributed by atoms with Gasteiger partial charge in [-0.25, -0.2) is 0 Å². The minimum atomic E-state index is 0.188. The van der Waals surface area contributed by atoms with Gasteiger partial charge in [-0.2, -0.15) is 0 Å². The quantitative estimate of drug-likeness (QED) is 0.422. The van der Waals surface area contributed by atoms with Crippen molar-refractivity contribution >= 4 is 12.6 Å². The van der Waals surface area contributed by atoms with Crippen LogP contribution in [0.2, 0.25) is 0 Å². The van der Waals surface area contributed by atoms with Crippen molar-refractivity contribution in [1.29, 1.82) is 0 Å². The maximum atomic E-state index is 8.38. The van der Waals surface area contributed by atoms with Crippen molar-refractivity contribution in [2.24, 2.45) is 0 Å². The molecule has 0 aromatic heterocycles. The molecule has 0 atom stereocenters. The first-order valence-corrected chi connectivity index (χ1v) is 7.59. The molecule has 0 saturated carbocycles. The van der Waals surface area contributed by atoms with Crippen LogP contribution >= 0.6 is 12.6 Å². The Kier molecular flexibility index (Phi) is 11.8. The molecule has 0 unspecified atom stereocenters. The van der Waals surface area contributed by atoms with E-state index >= 15 is 0 Å². The van der Waals surface area contributed by atoms with E-state index in [4.69, 9.17) is 5.11 Å². The normalized spacial score (nSPS) is 10.4. The van der Waals surface area contributed by atoms with Crippen LogP contribution in [0.25, 0.3) is 0 Å². The van der Waals surface area contributed by atoms with Gasteiger partial charge in [0.2, 0.25) is 0 Å². The molecule has 0 amide bonds. The highest BCUT2D eigenvalue weighted by Crippen LogP contribution is 2.16. The second-order valence-corrected chi connectivity index (χ2v) is 5.19. The fourth-order valence-electron chi connectivity index (χ4n) is 1.69. The van der Waals surface area contributed by atoms with Crippen molar-refractivity contribution in [2.75, 3.05) is 6.61 Å². The van der Waals surface area contributed by atoms with Gasteiger partial charge < -0.3 is 5.11 Å². The van der Waals surface area contributed by atoms with E-state index in [9.17, 15) is 0 Å². The summed E-state index contributed by atoms with van der Waals surface area (Å²) in [7, 11) is 0. The second kappa shape index (κ2) is 12.3. The number of allylic oxidation sites excluding steroid dienone is 1. The Balaban J connectivity index is 0.000000342. The molecular weight excluding hydrogens is 252 g/mol. The first-order valence-electron chi connectivity index (χ1n) is 7.14. The standard InChI is InChI=1S/C9H18O.C8H10S/c1-2-3-4-5-6-7-8-9-10;1-6-4-3-5-7(2)8(6)9/h7-8,10H,2-6,9H2,1H3;3-5,9H,1-2H3. The lowest BCUT2D eigenvalue weighted by Gasteiger charge is -1.99. The van der Waals surface area contributed by atoms with E-state index in [0.29, 0.717) is 0 Å². The van der Waals surface area contributed by atoms with E-state index in [1.54, 1.807) is 0 Å². The number of thiol groups is 1. The Morgan fingerprint density at radius 2 is 1.68 bits per heavy atom. The molecule has 1 N–H and O–H groups in total. The van der Waals surface area contributed by atoms with Crippen LogP contribution in [0, 0.1) is 13.8 Å². The van der Waals surface area contributed by atoms with Crippen LogP contribution in [0.3, 0.4) is 0 Å². The van der Waals surface area contributed by atoms with Gasteiger partial charge >= 0.3 is 0 Å². The molecule has 0 aliphatic heterocycles. The Morgan fingerprint density at radius 3 is 2.16 bits per heavy atom. The van der Waals surface area contributed by atoms with Crippen molar-refractivity contribution in [3.63, 3.8) is 0 Å². The number of unbranched alkanes of at least 4 members (excludes halogenated alkanes) is 4. The Labute approximate surface area is 124 Å².